The zero-order chi connectivity index (χ0) is 20.3. The van der Waals surface area contributed by atoms with E-state index in [1.807, 2.05) is 42.5 Å². The Labute approximate surface area is 158 Å². The van der Waals surface area contributed by atoms with Gasteiger partial charge in [0.2, 0.25) is 0 Å². The second-order valence-corrected chi connectivity index (χ2v) is 6.15. The first kappa shape index (κ1) is 19.3. The highest BCUT2D eigenvalue weighted by molar-refractivity contribution is 5.98. The van der Waals surface area contributed by atoms with E-state index in [0.717, 1.165) is 17.2 Å². The summed E-state index contributed by atoms with van der Waals surface area (Å²) in [6, 6.07) is 19.0. The SMILES string of the molecule is O=C(Cc1ccc(-c2ccccc2)cc1)c1ccc(C(F)(F)F)c([N+](=O)[O-])c1. The number of nitrogens with zero attached hydrogens (tertiary/aromatic N) is 1. The van der Waals surface area contributed by atoms with Crippen LogP contribution >= 0.6 is 0 Å². The van der Waals surface area contributed by atoms with E-state index in [2.05, 4.69) is 0 Å². The van der Waals surface area contributed by atoms with Gasteiger partial charge in [0.25, 0.3) is 5.69 Å². The molecule has 0 fully saturated rings. The molecule has 142 valence electrons. The van der Waals surface area contributed by atoms with Crippen LogP contribution in [0.3, 0.4) is 0 Å². The minimum Gasteiger partial charge on any atom is -0.294 e. The fourth-order valence-electron chi connectivity index (χ4n) is 2.83. The molecule has 0 amide bonds. The van der Waals surface area contributed by atoms with Crippen molar-refractivity contribution >= 4 is 11.5 Å². The van der Waals surface area contributed by atoms with Gasteiger partial charge in [0, 0.05) is 18.1 Å². The van der Waals surface area contributed by atoms with Gasteiger partial charge < -0.3 is 0 Å². The molecule has 0 atom stereocenters. The van der Waals surface area contributed by atoms with Crippen molar-refractivity contribution in [2.24, 2.45) is 0 Å². The number of alkyl halides is 3. The number of carbonyl (C=O) groups is 1. The van der Waals surface area contributed by atoms with Gasteiger partial charge in [-0.05, 0) is 22.8 Å². The Balaban J connectivity index is 1.81. The van der Waals surface area contributed by atoms with Crippen molar-refractivity contribution in [1.82, 2.24) is 0 Å². The van der Waals surface area contributed by atoms with E-state index in [0.29, 0.717) is 17.7 Å². The molecule has 0 saturated heterocycles. The molecular weight excluding hydrogens is 371 g/mol. The van der Waals surface area contributed by atoms with Gasteiger partial charge >= 0.3 is 6.18 Å². The maximum Gasteiger partial charge on any atom is 0.422 e. The van der Waals surface area contributed by atoms with Gasteiger partial charge in [-0.3, -0.25) is 14.9 Å². The molecule has 4 nitrogen and oxygen atoms in total. The number of Topliss-reactive ketones (excluding diaryl/α,β-unsaturated/α-hetero) is 1. The van der Waals surface area contributed by atoms with Crippen LogP contribution in [0.4, 0.5) is 18.9 Å². The standard InChI is InChI=1S/C21H14F3NO3/c22-21(23,24)18-11-10-17(13-19(18)25(27)28)20(26)12-14-6-8-16(9-7-14)15-4-2-1-3-5-15/h1-11,13H,12H2. The highest BCUT2D eigenvalue weighted by Gasteiger charge is 2.38. The molecule has 0 radical (unpaired) electrons. The number of nitro groups is 1. The van der Waals surface area contributed by atoms with Crippen molar-refractivity contribution in [2.45, 2.75) is 12.6 Å². The van der Waals surface area contributed by atoms with Crippen LogP contribution in [-0.4, -0.2) is 10.7 Å². The molecule has 3 aromatic carbocycles. The van der Waals surface area contributed by atoms with Gasteiger partial charge in [0.05, 0.1) is 4.92 Å². The first-order valence-electron chi connectivity index (χ1n) is 8.29. The maximum atomic E-state index is 12.9. The van der Waals surface area contributed by atoms with Crippen LogP contribution in [0, 0.1) is 10.1 Å². The average molecular weight is 385 g/mol. The molecule has 0 N–H and O–H groups in total. The zero-order valence-electron chi connectivity index (χ0n) is 14.4. The highest BCUT2D eigenvalue weighted by atomic mass is 19.4. The van der Waals surface area contributed by atoms with Crippen LogP contribution in [0.1, 0.15) is 21.5 Å². The number of hydrogen-bond donors (Lipinski definition) is 0. The summed E-state index contributed by atoms with van der Waals surface area (Å²) in [5, 5.41) is 11.0. The molecule has 28 heavy (non-hydrogen) atoms. The minimum atomic E-state index is -4.86. The summed E-state index contributed by atoms with van der Waals surface area (Å²) >= 11 is 0. The third-order valence-corrected chi connectivity index (χ3v) is 4.25. The van der Waals surface area contributed by atoms with Gasteiger partial charge in [0.1, 0.15) is 5.56 Å². The fourth-order valence-corrected chi connectivity index (χ4v) is 2.83. The van der Waals surface area contributed by atoms with E-state index in [1.54, 1.807) is 12.1 Å². The van der Waals surface area contributed by atoms with Crippen LogP contribution in [0.2, 0.25) is 0 Å². The normalized spacial score (nSPS) is 11.2. The predicted octanol–water partition coefficient (Wildman–Crippen LogP) is 5.71. The van der Waals surface area contributed by atoms with Crippen molar-refractivity contribution in [1.29, 1.82) is 0 Å². The van der Waals surface area contributed by atoms with Crippen molar-refractivity contribution in [3.63, 3.8) is 0 Å². The quantitative estimate of drug-likeness (QED) is 0.321. The summed E-state index contributed by atoms with van der Waals surface area (Å²) in [5.74, 6) is -0.496. The smallest absolute Gasteiger partial charge is 0.294 e. The van der Waals surface area contributed by atoms with Gasteiger partial charge in [-0.1, -0.05) is 60.7 Å². The molecule has 0 bridgehead atoms. The molecule has 0 unspecified atom stereocenters. The molecule has 0 spiro atoms. The first-order valence-corrected chi connectivity index (χ1v) is 8.29. The van der Waals surface area contributed by atoms with E-state index in [-0.39, 0.29) is 12.0 Å². The van der Waals surface area contributed by atoms with E-state index in [4.69, 9.17) is 0 Å². The number of benzene rings is 3. The number of ketones is 1. The molecular formula is C21H14F3NO3. The topological polar surface area (TPSA) is 60.2 Å². The summed E-state index contributed by atoms with van der Waals surface area (Å²) in [7, 11) is 0. The fraction of sp³-hybridized carbons (Fsp3) is 0.0952. The summed E-state index contributed by atoms with van der Waals surface area (Å²) in [6.07, 6.45) is -4.94. The Bertz CT molecular complexity index is 1010. The molecule has 0 aliphatic heterocycles. The van der Waals surface area contributed by atoms with Crippen LogP contribution in [0.25, 0.3) is 11.1 Å². The lowest BCUT2D eigenvalue weighted by Gasteiger charge is -2.09. The Morgan fingerprint density at radius 3 is 2.07 bits per heavy atom. The van der Waals surface area contributed by atoms with Crippen molar-refractivity contribution in [3.8, 4) is 11.1 Å². The third kappa shape index (κ3) is 4.25. The molecule has 0 aromatic heterocycles. The largest absolute Gasteiger partial charge is 0.422 e. The molecule has 3 rings (SSSR count). The Morgan fingerprint density at radius 2 is 1.50 bits per heavy atom. The summed E-state index contributed by atoms with van der Waals surface area (Å²) in [5.41, 5.74) is -0.00110. The Kier molecular flexibility index (Phi) is 5.26. The summed E-state index contributed by atoms with van der Waals surface area (Å²) in [6.45, 7) is 0. The van der Waals surface area contributed by atoms with Gasteiger partial charge in [0.15, 0.2) is 5.78 Å². The molecule has 0 aliphatic carbocycles. The molecule has 0 aliphatic rings. The van der Waals surface area contributed by atoms with E-state index < -0.39 is 28.1 Å². The first-order chi connectivity index (χ1) is 13.3. The lowest BCUT2D eigenvalue weighted by Crippen LogP contribution is -2.11. The summed E-state index contributed by atoms with van der Waals surface area (Å²) < 4.78 is 38.6. The number of halogens is 3. The van der Waals surface area contributed by atoms with Gasteiger partial charge in [-0.15, -0.1) is 0 Å². The second kappa shape index (κ2) is 7.64. The number of hydrogen-bond acceptors (Lipinski definition) is 3. The zero-order valence-corrected chi connectivity index (χ0v) is 14.4. The Hall–Kier alpha value is -3.48. The minimum absolute atomic E-state index is 0.0718. The summed E-state index contributed by atoms with van der Waals surface area (Å²) in [4.78, 5) is 22.2. The number of rotatable bonds is 5. The predicted molar refractivity (Wildman–Crippen MR) is 98.0 cm³/mol. The van der Waals surface area contributed by atoms with E-state index in [9.17, 15) is 28.1 Å². The lowest BCUT2D eigenvalue weighted by atomic mass is 9.98. The number of nitro benzene ring substituents is 1. The van der Waals surface area contributed by atoms with Gasteiger partial charge in [-0.25, -0.2) is 0 Å². The molecule has 0 heterocycles. The molecule has 0 saturated carbocycles. The van der Waals surface area contributed by atoms with Crippen molar-refractivity contribution in [3.05, 3.63) is 99.6 Å². The second-order valence-electron chi connectivity index (χ2n) is 6.15. The van der Waals surface area contributed by atoms with E-state index >= 15 is 0 Å². The lowest BCUT2D eigenvalue weighted by molar-refractivity contribution is -0.388. The Morgan fingerprint density at radius 1 is 0.893 bits per heavy atom. The van der Waals surface area contributed by atoms with E-state index in [1.165, 1.54) is 0 Å². The van der Waals surface area contributed by atoms with Crippen LogP contribution in [-0.2, 0) is 12.6 Å². The highest BCUT2D eigenvalue weighted by Crippen LogP contribution is 2.36. The average Bonchev–Trinajstić information content (AvgIpc) is 2.68. The van der Waals surface area contributed by atoms with Crippen LogP contribution < -0.4 is 0 Å². The third-order valence-electron chi connectivity index (χ3n) is 4.25. The maximum absolute atomic E-state index is 12.9. The molecule has 7 heteroatoms. The number of carbonyl (C=O) groups excluding carboxylic acids is 1. The van der Waals surface area contributed by atoms with Crippen LogP contribution in [0.15, 0.2) is 72.8 Å². The van der Waals surface area contributed by atoms with Crippen molar-refractivity contribution in [2.75, 3.05) is 0 Å². The van der Waals surface area contributed by atoms with Crippen LogP contribution in [0.5, 0.6) is 0 Å². The van der Waals surface area contributed by atoms with Crippen molar-refractivity contribution < 1.29 is 22.9 Å². The molecule has 3 aromatic rings. The van der Waals surface area contributed by atoms with Gasteiger partial charge in [-0.2, -0.15) is 13.2 Å². The monoisotopic (exact) mass is 385 g/mol.